The zero-order valence-electron chi connectivity index (χ0n) is 13.8. The summed E-state index contributed by atoms with van der Waals surface area (Å²) in [7, 11) is -3.74. The van der Waals surface area contributed by atoms with Crippen LogP contribution in [0.5, 0.6) is 0 Å². The first-order chi connectivity index (χ1) is 12.0. The van der Waals surface area contributed by atoms with E-state index >= 15 is 0 Å². The lowest BCUT2D eigenvalue weighted by molar-refractivity contribution is 0.596. The van der Waals surface area contributed by atoms with Gasteiger partial charge in [-0.3, -0.25) is 0 Å². The molecule has 0 saturated carbocycles. The van der Waals surface area contributed by atoms with Crippen LogP contribution in [0.15, 0.2) is 83.8 Å². The number of sulfonamides is 1. The van der Waals surface area contributed by atoms with Crippen molar-refractivity contribution in [1.82, 2.24) is 0 Å². The number of hydrogen-bond acceptors (Lipinski definition) is 2. The van der Waals surface area contributed by atoms with Gasteiger partial charge in [-0.05, 0) is 48.9 Å². The molecule has 5 heteroatoms. The highest BCUT2D eigenvalue weighted by Gasteiger charge is 2.26. The van der Waals surface area contributed by atoms with E-state index in [1.54, 1.807) is 48.5 Å². The van der Waals surface area contributed by atoms with Crippen LogP contribution in [-0.2, 0) is 15.9 Å². The van der Waals surface area contributed by atoms with Gasteiger partial charge in [-0.25, -0.2) is 12.7 Å². The molecule has 0 aliphatic carbocycles. The summed E-state index contributed by atoms with van der Waals surface area (Å²) in [4.78, 5) is 0.253. The van der Waals surface area contributed by atoms with E-state index in [9.17, 15) is 8.42 Å². The standard InChI is InChI=1S/C20H18ClNO2S/c1-16-7-13-20(14-8-16)25(23,24)22(18-5-3-2-4-6-18)19-11-9-17(15-21)10-12-19/h2-14H,15H2,1H3. The first-order valence-corrected chi connectivity index (χ1v) is 9.82. The van der Waals surface area contributed by atoms with Crippen molar-refractivity contribution in [3.63, 3.8) is 0 Å². The summed E-state index contributed by atoms with van der Waals surface area (Å²) in [5.74, 6) is 0.385. The molecule has 0 unspecified atom stereocenters. The number of nitrogens with zero attached hydrogens (tertiary/aromatic N) is 1. The fourth-order valence-corrected chi connectivity index (χ4v) is 4.19. The lowest BCUT2D eigenvalue weighted by Crippen LogP contribution is -2.26. The van der Waals surface area contributed by atoms with E-state index in [1.807, 2.05) is 37.3 Å². The van der Waals surface area contributed by atoms with E-state index in [0.717, 1.165) is 11.1 Å². The normalized spacial score (nSPS) is 11.3. The number of para-hydroxylation sites is 1. The maximum Gasteiger partial charge on any atom is 0.268 e. The molecule has 0 spiro atoms. The summed E-state index contributed by atoms with van der Waals surface area (Å²) in [6.45, 7) is 1.93. The van der Waals surface area contributed by atoms with Crippen molar-refractivity contribution in [2.45, 2.75) is 17.7 Å². The van der Waals surface area contributed by atoms with Crippen molar-refractivity contribution in [2.75, 3.05) is 4.31 Å². The first kappa shape index (κ1) is 17.5. The molecule has 0 atom stereocenters. The SMILES string of the molecule is Cc1ccc(S(=O)(=O)N(c2ccccc2)c2ccc(CCl)cc2)cc1. The Hall–Kier alpha value is -2.30. The van der Waals surface area contributed by atoms with E-state index in [2.05, 4.69) is 0 Å². The molecule has 0 N–H and O–H groups in total. The number of benzene rings is 3. The van der Waals surface area contributed by atoms with Gasteiger partial charge in [0.15, 0.2) is 0 Å². The van der Waals surface area contributed by atoms with Crippen LogP contribution in [0.3, 0.4) is 0 Å². The van der Waals surface area contributed by atoms with E-state index in [1.165, 1.54) is 4.31 Å². The third-order valence-electron chi connectivity index (χ3n) is 3.88. The molecule has 0 bridgehead atoms. The highest BCUT2D eigenvalue weighted by molar-refractivity contribution is 7.93. The minimum Gasteiger partial charge on any atom is -0.235 e. The number of anilines is 2. The van der Waals surface area contributed by atoms with E-state index in [-0.39, 0.29) is 4.90 Å². The molecule has 3 aromatic carbocycles. The minimum absolute atomic E-state index is 0.253. The molecule has 0 amide bonds. The lowest BCUT2D eigenvalue weighted by Gasteiger charge is -2.25. The molecule has 128 valence electrons. The Balaban J connectivity index is 2.15. The largest absolute Gasteiger partial charge is 0.268 e. The zero-order chi connectivity index (χ0) is 17.9. The fourth-order valence-electron chi connectivity index (χ4n) is 2.53. The van der Waals surface area contributed by atoms with Crippen molar-refractivity contribution < 1.29 is 8.42 Å². The number of halogens is 1. The summed E-state index contributed by atoms with van der Waals surface area (Å²) in [5, 5.41) is 0. The van der Waals surface area contributed by atoms with Crippen LogP contribution in [0.25, 0.3) is 0 Å². The maximum atomic E-state index is 13.3. The highest BCUT2D eigenvalue weighted by Crippen LogP contribution is 2.32. The predicted octanol–water partition coefficient (Wildman–Crippen LogP) is 5.26. The van der Waals surface area contributed by atoms with Gasteiger partial charge in [-0.1, -0.05) is 48.0 Å². The van der Waals surface area contributed by atoms with Crippen LogP contribution in [0.2, 0.25) is 0 Å². The second kappa shape index (κ2) is 7.30. The smallest absolute Gasteiger partial charge is 0.235 e. The highest BCUT2D eigenvalue weighted by atomic mass is 35.5. The van der Waals surface area contributed by atoms with Crippen LogP contribution in [-0.4, -0.2) is 8.42 Å². The second-order valence-corrected chi connectivity index (χ2v) is 7.77. The van der Waals surface area contributed by atoms with Crippen molar-refractivity contribution in [2.24, 2.45) is 0 Å². The average Bonchev–Trinajstić information content (AvgIpc) is 2.63. The molecule has 0 fully saturated rings. The molecular weight excluding hydrogens is 354 g/mol. The van der Waals surface area contributed by atoms with Gasteiger partial charge < -0.3 is 0 Å². The summed E-state index contributed by atoms with van der Waals surface area (Å²) in [5.41, 5.74) is 3.10. The van der Waals surface area contributed by atoms with Crippen molar-refractivity contribution in [3.05, 3.63) is 90.0 Å². The zero-order valence-corrected chi connectivity index (χ0v) is 15.3. The van der Waals surface area contributed by atoms with Gasteiger partial charge in [0.25, 0.3) is 10.0 Å². The molecule has 0 radical (unpaired) electrons. The van der Waals surface area contributed by atoms with E-state index < -0.39 is 10.0 Å². The minimum atomic E-state index is -3.74. The molecule has 25 heavy (non-hydrogen) atoms. The summed E-state index contributed by atoms with van der Waals surface area (Å²) in [6.07, 6.45) is 0. The van der Waals surface area contributed by atoms with E-state index in [4.69, 9.17) is 11.6 Å². The molecule has 3 aromatic rings. The summed E-state index contributed by atoms with van der Waals surface area (Å²) >= 11 is 5.84. The topological polar surface area (TPSA) is 37.4 Å². The molecular formula is C20H18ClNO2S. The third-order valence-corrected chi connectivity index (χ3v) is 5.95. The van der Waals surface area contributed by atoms with Crippen molar-refractivity contribution in [3.8, 4) is 0 Å². The van der Waals surface area contributed by atoms with Crippen molar-refractivity contribution in [1.29, 1.82) is 0 Å². The van der Waals surface area contributed by atoms with Gasteiger partial charge in [0, 0.05) is 5.88 Å². The maximum absolute atomic E-state index is 13.3. The number of aryl methyl sites for hydroxylation is 1. The molecule has 0 heterocycles. The predicted molar refractivity (Wildman–Crippen MR) is 103 cm³/mol. The Morgan fingerprint density at radius 1 is 0.800 bits per heavy atom. The lowest BCUT2D eigenvalue weighted by atomic mass is 10.2. The van der Waals surface area contributed by atoms with Gasteiger partial charge >= 0.3 is 0 Å². The number of rotatable bonds is 5. The summed E-state index contributed by atoms with van der Waals surface area (Å²) < 4.78 is 28.0. The Morgan fingerprint density at radius 2 is 1.36 bits per heavy atom. The monoisotopic (exact) mass is 371 g/mol. The van der Waals surface area contributed by atoms with Crippen LogP contribution in [0.4, 0.5) is 11.4 Å². The van der Waals surface area contributed by atoms with Crippen LogP contribution in [0, 0.1) is 6.92 Å². The fraction of sp³-hybridized carbons (Fsp3) is 0.100. The van der Waals surface area contributed by atoms with Gasteiger partial charge in [0.2, 0.25) is 0 Å². The van der Waals surface area contributed by atoms with Gasteiger partial charge in [-0.15, -0.1) is 11.6 Å². The molecule has 3 nitrogen and oxygen atoms in total. The first-order valence-electron chi connectivity index (χ1n) is 7.84. The van der Waals surface area contributed by atoms with Gasteiger partial charge in [-0.2, -0.15) is 0 Å². The quantitative estimate of drug-likeness (QED) is 0.573. The molecule has 0 aliphatic rings. The molecule has 0 saturated heterocycles. The third kappa shape index (κ3) is 3.70. The summed E-state index contributed by atoms with van der Waals surface area (Å²) in [6, 6.07) is 23.1. The number of alkyl halides is 1. The Morgan fingerprint density at radius 3 is 1.92 bits per heavy atom. The van der Waals surface area contributed by atoms with Crippen LogP contribution >= 0.6 is 11.6 Å². The second-order valence-electron chi connectivity index (χ2n) is 5.72. The van der Waals surface area contributed by atoms with Gasteiger partial charge in [0.05, 0.1) is 16.3 Å². The van der Waals surface area contributed by atoms with Crippen molar-refractivity contribution >= 4 is 33.0 Å². The van der Waals surface area contributed by atoms with Crippen LogP contribution < -0.4 is 4.31 Å². The van der Waals surface area contributed by atoms with Gasteiger partial charge in [0.1, 0.15) is 0 Å². The molecule has 0 aliphatic heterocycles. The van der Waals surface area contributed by atoms with Crippen LogP contribution in [0.1, 0.15) is 11.1 Å². The molecule has 3 rings (SSSR count). The molecule has 0 aromatic heterocycles. The van der Waals surface area contributed by atoms with E-state index in [0.29, 0.717) is 17.3 Å². The average molecular weight is 372 g/mol. The Bertz CT molecular complexity index is 937. The Labute approximate surface area is 153 Å². The number of hydrogen-bond donors (Lipinski definition) is 0. The Kier molecular flexibility index (Phi) is 5.11.